The molecule has 0 saturated heterocycles. The van der Waals surface area contributed by atoms with Crippen LogP contribution in [-0.4, -0.2) is 27.7 Å². The van der Waals surface area contributed by atoms with Gasteiger partial charge in [-0.1, -0.05) is 0 Å². The number of hydrogen-bond acceptors (Lipinski definition) is 5. The summed E-state index contributed by atoms with van der Waals surface area (Å²) >= 11 is 0. The van der Waals surface area contributed by atoms with Crippen LogP contribution >= 0.6 is 0 Å². The lowest BCUT2D eigenvalue weighted by atomic mass is 10.4. The first-order valence-electron chi connectivity index (χ1n) is 2.47. The van der Waals surface area contributed by atoms with Crippen LogP contribution in [0.1, 0.15) is 6.42 Å². The third kappa shape index (κ3) is 2.35. The summed E-state index contributed by atoms with van der Waals surface area (Å²) in [5.41, 5.74) is 0. The van der Waals surface area contributed by atoms with E-state index in [0.29, 0.717) is 0 Å². The molecule has 0 rings (SSSR count). The lowest BCUT2D eigenvalue weighted by Gasteiger charge is -1.97. The predicted molar refractivity (Wildman–Crippen MR) is 29.5 cm³/mol. The molecule has 0 bridgehead atoms. The number of hydrogen-bond donors (Lipinski definition) is 1. The largest absolute Gasteiger partial charge is 0.452 e. The van der Waals surface area contributed by atoms with E-state index in [1.54, 1.807) is 0 Å². The van der Waals surface area contributed by atoms with Crippen LogP contribution in [0.4, 0.5) is 0 Å². The summed E-state index contributed by atoms with van der Waals surface area (Å²) in [6.45, 7) is -0.549. The molecular formula is C3H6N2O5. The molecule has 0 aliphatic carbocycles. The van der Waals surface area contributed by atoms with Crippen molar-refractivity contribution in [1.29, 1.82) is 0 Å². The molecule has 0 amide bonds. The minimum Gasteiger partial charge on any atom is -0.396 e. The van der Waals surface area contributed by atoms with E-state index in [0.717, 1.165) is 0 Å². The highest BCUT2D eigenvalue weighted by atomic mass is 16.7. The van der Waals surface area contributed by atoms with E-state index in [9.17, 15) is 20.2 Å². The number of rotatable bonds is 4. The van der Waals surface area contributed by atoms with Gasteiger partial charge in [0.15, 0.2) is 0 Å². The van der Waals surface area contributed by atoms with Crippen molar-refractivity contribution in [2.24, 2.45) is 0 Å². The van der Waals surface area contributed by atoms with Crippen molar-refractivity contribution in [1.82, 2.24) is 0 Å². The fraction of sp³-hybridized carbons (Fsp3) is 1.00. The molecule has 0 aromatic heterocycles. The van der Waals surface area contributed by atoms with Gasteiger partial charge in [-0.25, -0.2) is 0 Å². The average Bonchev–Trinajstić information content (AvgIpc) is 1.81. The highest BCUT2D eigenvalue weighted by Crippen LogP contribution is 1.95. The molecule has 7 heteroatoms. The second-order valence-corrected chi connectivity index (χ2v) is 1.56. The molecule has 0 spiro atoms. The lowest BCUT2D eigenvalue weighted by molar-refractivity contribution is -0.743. The highest BCUT2D eigenvalue weighted by Gasteiger charge is 2.30. The molecule has 0 unspecified atom stereocenters. The van der Waals surface area contributed by atoms with Crippen LogP contribution in [0.15, 0.2) is 0 Å². The normalized spacial score (nSPS) is 9.80. The molecule has 0 aromatic carbocycles. The molecule has 0 fully saturated rings. The minimum atomic E-state index is -1.87. The maximum atomic E-state index is 9.78. The average molecular weight is 150 g/mol. The summed E-state index contributed by atoms with van der Waals surface area (Å²) < 4.78 is 0. The third-order valence-corrected chi connectivity index (χ3v) is 0.874. The Labute approximate surface area is 55.6 Å². The van der Waals surface area contributed by atoms with Crippen LogP contribution in [0.25, 0.3) is 0 Å². The molecule has 0 aromatic rings. The van der Waals surface area contributed by atoms with Gasteiger partial charge in [0.1, 0.15) is 6.42 Å². The number of nitro groups is 2. The van der Waals surface area contributed by atoms with E-state index in [2.05, 4.69) is 0 Å². The van der Waals surface area contributed by atoms with Gasteiger partial charge in [0, 0.05) is 0 Å². The standard InChI is InChI=1S/C3H6N2O5/c6-2-1-3(4(7)8)5(9)10/h3,6H,1-2H2. The molecular weight excluding hydrogens is 144 g/mol. The van der Waals surface area contributed by atoms with E-state index >= 15 is 0 Å². The Morgan fingerprint density at radius 1 is 1.30 bits per heavy atom. The van der Waals surface area contributed by atoms with Gasteiger partial charge in [-0.15, -0.1) is 0 Å². The minimum absolute atomic E-state index is 0.444. The summed E-state index contributed by atoms with van der Waals surface area (Å²) in [5.74, 6) is 0. The Hall–Kier alpha value is -1.24. The van der Waals surface area contributed by atoms with Crippen molar-refractivity contribution in [3.63, 3.8) is 0 Å². The SMILES string of the molecule is O=[N+]([O-])C(CCO)[N+](=O)[O-]. The van der Waals surface area contributed by atoms with Gasteiger partial charge in [0.25, 0.3) is 0 Å². The van der Waals surface area contributed by atoms with Crippen LogP contribution < -0.4 is 0 Å². The summed E-state index contributed by atoms with van der Waals surface area (Å²) in [6.07, 6.45) is -2.31. The first-order chi connectivity index (χ1) is 4.59. The Morgan fingerprint density at radius 2 is 1.70 bits per heavy atom. The monoisotopic (exact) mass is 150 g/mol. The van der Waals surface area contributed by atoms with E-state index in [1.807, 2.05) is 0 Å². The summed E-state index contributed by atoms with van der Waals surface area (Å²) in [4.78, 5) is 17.5. The van der Waals surface area contributed by atoms with Crippen LogP contribution in [0.2, 0.25) is 0 Å². The fourth-order valence-corrected chi connectivity index (χ4v) is 0.403. The quantitative estimate of drug-likeness (QED) is 0.322. The molecule has 0 saturated carbocycles. The molecule has 58 valence electrons. The van der Waals surface area contributed by atoms with Gasteiger partial charge >= 0.3 is 6.17 Å². The molecule has 0 atom stereocenters. The number of aliphatic hydroxyl groups excluding tert-OH is 1. The molecule has 0 aliphatic heterocycles. The zero-order chi connectivity index (χ0) is 8.15. The molecule has 10 heavy (non-hydrogen) atoms. The van der Waals surface area contributed by atoms with Crippen LogP contribution in [0.3, 0.4) is 0 Å². The smallest absolute Gasteiger partial charge is 0.396 e. The maximum absolute atomic E-state index is 9.78. The number of nitrogens with zero attached hydrogens (tertiary/aromatic N) is 2. The molecule has 1 N–H and O–H groups in total. The van der Waals surface area contributed by atoms with Crippen molar-refractivity contribution in [3.05, 3.63) is 20.2 Å². The Morgan fingerprint density at radius 3 is 1.80 bits per heavy atom. The van der Waals surface area contributed by atoms with Gasteiger partial charge in [-0.3, -0.25) is 20.2 Å². The van der Waals surface area contributed by atoms with Crippen molar-refractivity contribution in [3.8, 4) is 0 Å². The zero-order valence-electron chi connectivity index (χ0n) is 4.97. The van der Waals surface area contributed by atoms with Crippen molar-refractivity contribution < 1.29 is 15.0 Å². The topological polar surface area (TPSA) is 107 Å². The lowest BCUT2D eigenvalue weighted by Crippen LogP contribution is -2.29. The Balaban J connectivity index is 3.98. The van der Waals surface area contributed by atoms with Crippen molar-refractivity contribution >= 4 is 0 Å². The first-order valence-corrected chi connectivity index (χ1v) is 2.47. The summed E-state index contributed by atoms with van der Waals surface area (Å²) in [7, 11) is 0. The van der Waals surface area contributed by atoms with Gasteiger partial charge < -0.3 is 5.11 Å². The molecule has 7 nitrogen and oxygen atoms in total. The fourth-order valence-electron chi connectivity index (χ4n) is 0.403. The second kappa shape index (κ2) is 3.72. The maximum Gasteiger partial charge on any atom is 0.452 e. The van der Waals surface area contributed by atoms with E-state index in [1.165, 1.54) is 0 Å². The van der Waals surface area contributed by atoms with Gasteiger partial charge in [0.05, 0.1) is 16.5 Å². The van der Waals surface area contributed by atoms with Crippen LogP contribution in [-0.2, 0) is 0 Å². The molecule has 0 radical (unpaired) electrons. The van der Waals surface area contributed by atoms with Crippen LogP contribution in [0, 0.1) is 20.2 Å². The van der Waals surface area contributed by atoms with Crippen LogP contribution in [0.5, 0.6) is 0 Å². The van der Waals surface area contributed by atoms with E-state index in [-0.39, 0.29) is 0 Å². The first kappa shape index (κ1) is 8.76. The molecule has 0 aliphatic rings. The molecule has 0 heterocycles. The Kier molecular flexibility index (Phi) is 3.26. The zero-order valence-corrected chi connectivity index (χ0v) is 4.97. The van der Waals surface area contributed by atoms with Gasteiger partial charge in [-0.2, -0.15) is 0 Å². The van der Waals surface area contributed by atoms with E-state index in [4.69, 9.17) is 5.11 Å². The predicted octanol–water partition coefficient (Wildman–Crippen LogP) is -0.752. The van der Waals surface area contributed by atoms with Crippen molar-refractivity contribution in [2.45, 2.75) is 12.6 Å². The van der Waals surface area contributed by atoms with E-state index < -0.39 is 29.0 Å². The highest BCUT2D eigenvalue weighted by molar-refractivity contribution is 4.38. The van der Waals surface area contributed by atoms with Crippen molar-refractivity contribution in [2.75, 3.05) is 6.61 Å². The third-order valence-electron chi connectivity index (χ3n) is 0.874. The van der Waals surface area contributed by atoms with Gasteiger partial charge in [0.2, 0.25) is 0 Å². The Bertz CT molecular complexity index is 132. The summed E-state index contributed by atoms with van der Waals surface area (Å²) in [5, 5.41) is 27.7. The second-order valence-electron chi connectivity index (χ2n) is 1.56. The summed E-state index contributed by atoms with van der Waals surface area (Å²) in [6, 6.07) is 0. The van der Waals surface area contributed by atoms with Gasteiger partial charge in [-0.05, 0) is 0 Å². The number of aliphatic hydroxyl groups is 1.